The molecular weight excluding hydrogens is 242 g/mol. The normalized spacial score (nSPS) is 25.8. The molecule has 5 nitrogen and oxygen atoms in total. The lowest BCUT2D eigenvalue weighted by Crippen LogP contribution is -2.39. The zero-order valence-corrected chi connectivity index (χ0v) is 7.93. The van der Waals surface area contributed by atoms with Crippen LogP contribution in [-0.4, -0.2) is 27.8 Å². The molecule has 2 atom stereocenters. The number of nitrogens with zero attached hydrogens (tertiary/aromatic N) is 1. The van der Waals surface area contributed by atoms with Crippen molar-refractivity contribution >= 4 is 15.9 Å². The van der Waals surface area contributed by atoms with Crippen molar-refractivity contribution in [3.05, 3.63) is 16.7 Å². The molecule has 0 radical (unpaired) electrons. The lowest BCUT2D eigenvalue weighted by atomic mass is 10.4. The Morgan fingerprint density at radius 1 is 1.31 bits per heavy atom. The van der Waals surface area contributed by atoms with Gasteiger partial charge in [-0.15, -0.1) is 0 Å². The number of fused-ring (bicyclic) bond motifs is 1. The second-order valence-corrected chi connectivity index (χ2v) is 3.39. The maximum absolute atomic E-state index is 9.08. The van der Waals surface area contributed by atoms with Crippen molar-refractivity contribution in [1.82, 2.24) is 4.98 Å². The third kappa shape index (κ3) is 1.60. The summed E-state index contributed by atoms with van der Waals surface area (Å²) in [4.78, 5) is 3.84. The molecule has 1 aromatic heterocycles. The summed E-state index contributed by atoms with van der Waals surface area (Å²) in [5, 5.41) is 18.1. The van der Waals surface area contributed by atoms with Gasteiger partial charge < -0.3 is 19.7 Å². The van der Waals surface area contributed by atoms with Crippen LogP contribution < -0.4 is 9.47 Å². The molecule has 1 aromatic rings. The summed E-state index contributed by atoms with van der Waals surface area (Å²) in [6.45, 7) is 0. The predicted octanol–water partition coefficient (Wildman–Crippen LogP) is 0.252. The summed E-state index contributed by atoms with van der Waals surface area (Å²) < 4.78 is 10.5. The Balaban J connectivity index is 2.37. The molecule has 0 amide bonds. The van der Waals surface area contributed by atoms with Gasteiger partial charge in [0.15, 0.2) is 5.75 Å². The van der Waals surface area contributed by atoms with E-state index in [0.717, 1.165) is 0 Å². The second-order valence-electron chi connectivity index (χ2n) is 2.47. The summed E-state index contributed by atoms with van der Waals surface area (Å²) in [6, 6.07) is 1.59. The quantitative estimate of drug-likeness (QED) is 0.688. The molecule has 0 saturated heterocycles. The Kier molecular flexibility index (Phi) is 2.10. The van der Waals surface area contributed by atoms with E-state index in [1.54, 1.807) is 6.07 Å². The van der Waals surface area contributed by atoms with E-state index in [1.807, 2.05) is 0 Å². The van der Waals surface area contributed by atoms with Gasteiger partial charge in [-0.1, -0.05) is 0 Å². The SMILES string of the molecule is OC1Oc2cc(Br)cnc2OC1O. The molecule has 0 aromatic carbocycles. The fourth-order valence-corrected chi connectivity index (χ4v) is 1.25. The standard InChI is InChI=1S/C7H6BrNO4/c8-3-1-4-5(9-2-3)13-7(11)6(10)12-4/h1-2,6-7,10-11H. The van der Waals surface area contributed by atoms with Gasteiger partial charge in [-0.3, -0.25) is 0 Å². The number of aliphatic hydroxyl groups excluding tert-OH is 2. The van der Waals surface area contributed by atoms with Crippen LogP contribution >= 0.6 is 15.9 Å². The number of aromatic nitrogens is 1. The summed E-state index contributed by atoms with van der Waals surface area (Å²) in [7, 11) is 0. The summed E-state index contributed by atoms with van der Waals surface area (Å²) >= 11 is 3.18. The second kappa shape index (κ2) is 3.13. The topological polar surface area (TPSA) is 71.8 Å². The molecule has 6 heteroatoms. The fourth-order valence-electron chi connectivity index (χ4n) is 0.942. The van der Waals surface area contributed by atoms with Crippen LogP contribution in [0.25, 0.3) is 0 Å². The molecule has 1 aliphatic rings. The summed E-state index contributed by atoms with van der Waals surface area (Å²) in [5.41, 5.74) is 0. The molecule has 0 fully saturated rings. The zero-order chi connectivity index (χ0) is 9.42. The van der Waals surface area contributed by atoms with Crippen molar-refractivity contribution in [2.24, 2.45) is 0 Å². The van der Waals surface area contributed by atoms with Gasteiger partial charge in [0.25, 0.3) is 18.5 Å². The van der Waals surface area contributed by atoms with E-state index in [9.17, 15) is 0 Å². The minimum Gasteiger partial charge on any atom is -0.453 e. The van der Waals surface area contributed by atoms with Crippen LogP contribution in [0.5, 0.6) is 11.6 Å². The van der Waals surface area contributed by atoms with Crippen molar-refractivity contribution in [1.29, 1.82) is 0 Å². The molecule has 70 valence electrons. The van der Waals surface area contributed by atoms with Gasteiger partial charge in [0.05, 0.1) is 0 Å². The van der Waals surface area contributed by atoms with Gasteiger partial charge in [-0.05, 0) is 15.9 Å². The van der Waals surface area contributed by atoms with E-state index in [4.69, 9.17) is 19.7 Å². The average Bonchev–Trinajstić information content (AvgIpc) is 2.08. The molecule has 2 rings (SSSR count). The Bertz CT molecular complexity index is 332. The van der Waals surface area contributed by atoms with Gasteiger partial charge in [0.1, 0.15) is 0 Å². The highest BCUT2D eigenvalue weighted by Gasteiger charge is 2.28. The lowest BCUT2D eigenvalue weighted by molar-refractivity contribution is -0.200. The Morgan fingerprint density at radius 3 is 2.77 bits per heavy atom. The number of rotatable bonds is 0. The number of aliphatic hydroxyl groups is 2. The Hall–Kier alpha value is -0.850. The molecule has 0 saturated carbocycles. The van der Waals surface area contributed by atoms with Gasteiger partial charge in [0.2, 0.25) is 0 Å². The maximum Gasteiger partial charge on any atom is 0.262 e. The van der Waals surface area contributed by atoms with Gasteiger partial charge in [-0.2, -0.15) is 0 Å². The Morgan fingerprint density at radius 2 is 2.00 bits per heavy atom. The largest absolute Gasteiger partial charge is 0.453 e. The monoisotopic (exact) mass is 247 g/mol. The first kappa shape index (κ1) is 8.74. The number of hydrogen-bond donors (Lipinski definition) is 2. The van der Waals surface area contributed by atoms with Crippen LogP contribution in [0.2, 0.25) is 0 Å². The molecule has 2 heterocycles. The van der Waals surface area contributed by atoms with Crippen LogP contribution in [0.15, 0.2) is 16.7 Å². The molecule has 1 aliphatic heterocycles. The van der Waals surface area contributed by atoms with Crippen LogP contribution in [0.1, 0.15) is 0 Å². The highest BCUT2D eigenvalue weighted by atomic mass is 79.9. The third-order valence-electron chi connectivity index (χ3n) is 1.51. The van der Waals surface area contributed by atoms with Crippen LogP contribution in [-0.2, 0) is 0 Å². The van der Waals surface area contributed by atoms with E-state index in [0.29, 0.717) is 10.2 Å². The van der Waals surface area contributed by atoms with Gasteiger partial charge in [0, 0.05) is 16.7 Å². The smallest absolute Gasteiger partial charge is 0.262 e. The Labute approximate surface area is 82.1 Å². The van der Waals surface area contributed by atoms with E-state index < -0.39 is 12.6 Å². The van der Waals surface area contributed by atoms with Crippen LogP contribution in [0, 0.1) is 0 Å². The highest BCUT2D eigenvalue weighted by Crippen LogP contribution is 2.32. The van der Waals surface area contributed by atoms with E-state index in [1.165, 1.54) is 6.20 Å². The number of hydrogen-bond acceptors (Lipinski definition) is 5. The molecular formula is C7H6BrNO4. The van der Waals surface area contributed by atoms with Crippen molar-refractivity contribution < 1.29 is 19.7 Å². The van der Waals surface area contributed by atoms with Crippen molar-refractivity contribution in [3.63, 3.8) is 0 Å². The third-order valence-corrected chi connectivity index (χ3v) is 1.94. The van der Waals surface area contributed by atoms with E-state index in [-0.39, 0.29) is 5.88 Å². The zero-order valence-electron chi connectivity index (χ0n) is 6.35. The lowest BCUT2D eigenvalue weighted by Gasteiger charge is -2.25. The number of halogens is 1. The van der Waals surface area contributed by atoms with Gasteiger partial charge in [-0.25, -0.2) is 4.98 Å². The predicted molar refractivity (Wildman–Crippen MR) is 45.2 cm³/mol. The van der Waals surface area contributed by atoms with Gasteiger partial charge >= 0.3 is 0 Å². The molecule has 2 N–H and O–H groups in total. The first-order valence-electron chi connectivity index (χ1n) is 3.52. The summed E-state index contributed by atoms with van der Waals surface area (Å²) in [6.07, 6.45) is -1.25. The molecule has 0 aliphatic carbocycles. The van der Waals surface area contributed by atoms with Crippen molar-refractivity contribution in [2.75, 3.05) is 0 Å². The first-order chi connectivity index (χ1) is 6.16. The van der Waals surface area contributed by atoms with Crippen LogP contribution in [0.3, 0.4) is 0 Å². The summed E-state index contributed by atoms with van der Waals surface area (Å²) in [5.74, 6) is 0.466. The molecule has 0 spiro atoms. The van der Waals surface area contributed by atoms with Crippen LogP contribution in [0.4, 0.5) is 0 Å². The molecule has 13 heavy (non-hydrogen) atoms. The fraction of sp³-hybridized carbons (Fsp3) is 0.286. The molecule has 0 bridgehead atoms. The minimum atomic E-state index is -1.39. The average molecular weight is 248 g/mol. The minimum absolute atomic E-state index is 0.168. The van der Waals surface area contributed by atoms with Crippen molar-refractivity contribution in [2.45, 2.75) is 12.6 Å². The number of pyridine rings is 1. The highest BCUT2D eigenvalue weighted by molar-refractivity contribution is 9.10. The first-order valence-corrected chi connectivity index (χ1v) is 4.31. The van der Waals surface area contributed by atoms with E-state index in [2.05, 4.69) is 20.9 Å². The van der Waals surface area contributed by atoms with E-state index >= 15 is 0 Å². The molecule has 2 unspecified atom stereocenters. The van der Waals surface area contributed by atoms with Crippen molar-refractivity contribution in [3.8, 4) is 11.6 Å². The maximum atomic E-state index is 9.08. The number of ether oxygens (including phenoxy) is 2.